The number of amides is 2. The van der Waals surface area contributed by atoms with Crippen LogP contribution in [0.25, 0.3) is 0 Å². The minimum atomic E-state index is -0.343. The quantitative estimate of drug-likeness (QED) is 0.660. The molecule has 5 nitrogen and oxygen atoms in total. The third-order valence-corrected chi connectivity index (χ3v) is 4.77. The van der Waals surface area contributed by atoms with Crippen LogP contribution < -0.4 is 16.0 Å². The molecule has 0 aliphatic carbocycles. The van der Waals surface area contributed by atoms with Gasteiger partial charge in [0.15, 0.2) is 0 Å². The maximum Gasteiger partial charge on any atom is 0.251 e. The van der Waals surface area contributed by atoms with Crippen molar-refractivity contribution in [3.8, 4) is 0 Å². The maximum atomic E-state index is 13.6. The fourth-order valence-corrected chi connectivity index (χ4v) is 3.14. The van der Waals surface area contributed by atoms with E-state index in [1.165, 1.54) is 6.07 Å². The van der Waals surface area contributed by atoms with E-state index in [0.29, 0.717) is 29.2 Å². The lowest BCUT2D eigenvalue weighted by atomic mass is 10.0. The van der Waals surface area contributed by atoms with Crippen molar-refractivity contribution < 1.29 is 14.0 Å². The Bertz CT molecular complexity index is 792. The summed E-state index contributed by atoms with van der Waals surface area (Å²) in [6.45, 7) is 2.15. The number of rotatable bonds is 7. The van der Waals surface area contributed by atoms with E-state index in [2.05, 4.69) is 16.0 Å². The Morgan fingerprint density at radius 3 is 2.54 bits per heavy atom. The van der Waals surface area contributed by atoms with Crippen LogP contribution in [0, 0.1) is 11.7 Å². The Morgan fingerprint density at radius 1 is 1.11 bits per heavy atom. The molecule has 150 valence electrons. The minimum absolute atomic E-state index is 0. The molecular weight excluding hydrogens is 381 g/mol. The molecule has 1 aliphatic heterocycles. The summed E-state index contributed by atoms with van der Waals surface area (Å²) in [4.78, 5) is 24.2. The Kier molecular flexibility index (Phi) is 8.42. The highest BCUT2D eigenvalue weighted by atomic mass is 35.5. The van der Waals surface area contributed by atoms with Crippen molar-refractivity contribution >= 4 is 29.9 Å². The highest BCUT2D eigenvalue weighted by molar-refractivity contribution is 5.95. The van der Waals surface area contributed by atoms with Gasteiger partial charge in [0.25, 0.3) is 5.91 Å². The molecule has 7 heteroatoms. The number of anilines is 1. The first-order chi connectivity index (χ1) is 13.1. The summed E-state index contributed by atoms with van der Waals surface area (Å²) in [6.07, 6.45) is 2.51. The number of hydrogen-bond donors (Lipinski definition) is 3. The summed E-state index contributed by atoms with van der Waals surface area (Å²) in [6, 6.07) is 13.0. The predicted octanol–water partition coefficient (Wildman–Crippen LogP) is 3.51. The number of carbonyl (C=O) groups excluding carboxylic acids is 2. The van der Waals surface area contributed by atoms with Crippen molar-refractivity contribution in [2.24, 2.45) is 5.92 Å². The first-order valence-electron chi connectivity index (χ1n) is 9.24. The van der Waals surface area contributed by atoms with E-state index in [9.17, 15) is 14.0 Å². The van der Waals surface area contributed by atoms with Crippen LogP contribution >= 0.6 is 12.4 Å². The third-order valence-electron chi connectivity index (χ3n) is 4.77. The summed E-state index contributed by atoms with van der Waals surface area (Å²) in [7, 11) is 0. The van der Waals surface area contributed by atoms with Gasteiger partial charge in [0.05, 0.1) is 0 Å². The molecule has 3 N–H and O–H groups in total. The second-order valence-corrected chi connectivity index (χ2v) is 6.80. The zero-order valence-electron chi connectivity index (χ0n) is 15.5. The molecular formula is C21H25ClFN3O2. The summed E-state index contributed by atoms with van der Waals surface area (Å²) >= 11 is 0. The van der Waals surface area contributed by atoms with Crippen molar-refractivity contribution in [1.82, 2.24) is 10.6 Å². The molecule has 1 fully saturated rings. The lowest BCUT2D eigenvalue weighted by Gasteiger charge is -2.10. The van der Waals surface area contributed by atoms with Crippen LogP contribution in [-0.4, -0.2) is 24.9 Å². The van der Waals surface area contributed by atoms with Gasteiger partial charge in [0.2, 0.25) is 5.91 Å². The molecule has 3 rings (SSSR count). The van der Waals surface area contributed by atoms with Crippen LogP contribution in [0.2, 0.25) is 0 Å². The molecule has 0 radical (unpaired) electrons. The molecule has 0 spiro atoms. The zero-order valence-corrected chi connectivity index (χ0v) is 16.4. The molecule has 28 heavy (non-hydrogen) atoms. The van der Waals surface area contributed by atoms with Gasteiger partial charge in [0, 0.05) is 29.8 Å². The summed E-state index contributed by atoms with van der Waals surface area (Å²) in [5.74, 6) is -0.0657. The Hall–Kier alpha value is -2.44. The number of benzene rings is 2. The third kappa shape index (κ3) is 6.32. The molecule has 1 unspecified atom stereocenters. The summed E-state index contributed by atoms with van der Waals surface area (Å²) in [5.41, 5.74) is 1.56. The van der Waals surface area contributed by atoms with E-state index in [1.54, 1.807) is 42.5 Å². The van der Waals surface area contributed by atoms with Gasteiger partial charge in [-0.1, -0.05) is 18.2 Å². The Labute approximate surface area is 170 Å². The molecule has 2 amide bonds. The van der Waals surface area contributed by atoms with Crippen LogP contribution in [0.5, 0.6) is 0 Å². The van der Waals surface area contributed by atoms with Gasteiger partial charge in [0.1, 0.15) is 5.82 Å². The largest absolute Gasteiger partial charge is 0.348 e. The summed E-state index contributed by atoms with van der Waals surface area (Å²) < 4.78 is 13.6. The lowest BCUT2D eigenvalue weighted by Crippen LogP contribution is -2.23. The van der Waals surface area contributed by atoms with Crippen molar-refractivity contribution in [3.05, 3.63) is 65.5 Å². The van der Waals surface area contributed by atoms with Gasteiger partial charge in [-0.15, -0.1) is 12.4 Å². The fraction of sp³-hybridized carbons (Fsp3) is 0.333. The van der Waals surface area contributed by atoms with E-state index in [4.69, 9.17) is 0 Å². The van der Waals surface area contributed by atoms with Crippen LogP contribution in [-0.2, 0) is 11.3 Å². The number of hydrogen-bond acceptors (Lipinski definition) is 3. The standard InChI is InChI=1S/C21H24FN3O2.ClH/c22-19-4-2-1-3-17(19)14-24-21(27)16-6-8-18(9-7-16)25-20(26)10-5-15-11-12-23-13-15;/h1-4,6-9,15,23H,5,10-14H2,(H,24,27)(H,25,26);1H. The van der Waals surface area contributed by atoms with Crippen LogP contribution in [0.1, 0.15) is 35.2 Å². The fourth-order valence-electron chi connectivity index (χ4n) is 3.14. The van der Waals surface area contributed by atoms with Gasteiger partial charge in [-0.05, 0) is 62.2 Å². The van der Waals surface area contributed by atoms with E-state index >= 15 is 0 Å². The molecule has 2 aromatic carbocycles. The van der Waals surface area contributed by atoms with E-state index < -0.39 is 0 Å². The van der Waals surface area contributed by atoms with Gasteiger partial charge in [-0.2, -0.15) is 0 Å². The highest BCUT2D eigenvalue weighted by Gasteiger charge is 2.15. The van der Waals surface area contributed by atoms with Crippen molar-refractivity contribution in [2.45, 2.75) is 25.8 Å². The van der Waals surface area contributed by atoms with Gasteiger partial charge < -0.3 is 16.0 Å². The zero-order chi connectivity index (χ0) is 19.1. The molecule has 2 aromatic rings. The molecule has 1 saturated heterocycles. The SMILES string of the molecule is Cl.O=C(CCC1CCNC1)Nc1ccc(C(=O)NCc2ccccc2F)cc1. The van der Waals surface area contributed by atoms with Gasteiger partial charge in [-0.25, -0.2) is 4.39 Å². The van der Waals surface area contributed by atoms with E-state index in [1.807, 2.05) is 0 Å². The van der Waals surface area contributed by atoms with Gasteiger partial charge >= 0.3 is 0 Å². The minimum Gasteiger partial charge on any atom is -0.348 e. The first-order valence-corrected chi connectivity index (χ1v) is 9.24. The molecule has 0 saturated carbocycles. The Morgan fingerprint density at radius 2 is 1.86 bits per heavy atom. The maximum absolute atomic E-state index is 13.6. The number of halogens is 2. The molecule has 0 bridgehead atoms. The highest BCUT2D eigenvalue weighted by Crippen LogP contribution is 2.16. The average Bonchev–Trinajstić information content (AvgIpc) is 3.20. The first kappa shape index (κ1) is 21.9. The number of carbonyl (C=O) groups is 2. The van der Waals surface area contributed by atoms with Crippen molar-refractivity contribution in [2.75, 3.05) is 18.4 Å². The molecule has 1 heterocycles. The smallest absolute Gasteiger partial charge is 0.251 e. The molecule has 0 aromatic heterocycles. The number of nitrogens with one attached hydrogen (secondary N) is 3. The normalized spacial score (nSPS) is 15.5. The van der Waals surface area contributed by atoms with Crippen LogP contribution in [0.3, 0.4) is 0 Å². The second kappa shape index (κ2) is 10.8. The molecule has 1 aliphatic rings. The van der Waals surface area contributed by atoms with E-state index in [0.717, 1.165) is 25.9 Å². The lowest BCUT2D eigenvalue weighted by molar-refractivity contribution is -0.116. The molecule has 1 atom stereocenters. The monoisotopic (exact) mass is 405 g/mol. The van der Waals surface area contributed by atoms with Crippen molar-refractivity contribution in [1.29, 1.82) is 0 Å². The van der Waals surface area contributed by atoms with Crippen LogP contribution in [0.4, 0.5) is 10.1 Å². The average molecular weight is 406 g/mol. The second-order valence-electron chi connectivity index (χ2n) is 6.80. The predicted molar refractivity (Wildman–Crippen MR) is 110 cm³/mol. The Balaban J connectivity index is 0.00000280. The van der Waals surface area contributed by atoms with Gasteiger partial charge in [-0.3, -0.25) is 9.59 Å². The van der Waals surface area contributed by atoms with Crippen molar-refractivity contribution in [3.63, 3.8) is 0 Å². The summed E-state index contributed by atoms with van der Waals surface area (Å²) in [5, 5.41) is 8.85. The van der Waals surface area contributed by atoms with Crippen LogP contribution in [0.15, 0.2) is 48.5 Å². The van der Waals surface area contributed by atoms with E-state index in [-0.39, 0.29) is 36.6 Å². The topological polar surface area (TPSA) is 70.2 Å².